The third kappa shape index (κ3) is 4.96. The van der Waals surface area contributed by atoms with E-state index in [1.165, 1.54) is 22.3 Å². The van der Waals surface area contributed by atoms with Gasteiger partial charge in [-0.1, -0.05) is 35.5 Å². The molecule has 0 unspecified atom stereocenters. The maximum Gasteiger partial charge on any atom is 0.0843 e. The van der Waals surface area contributed by atoms with E-state index in [0.29, 0.717) is 6.61 Å². The van der Waals surface area contributed by atoms with E-state index in [4.69, 9.17) is 4.74 Å². The number of rotatable bonds is 0. The first-order valence-corrected chi connectivity index (χ1v) is 8.41. The van der Waals surface area contributed by atoms with E-state index in [-0.39, 0.29) is 5.60 Å². The summed E-state index contributed by atoms with van der Waals surface area (Å²) in [6.45, 7) is 9.21. The minimum Gasteiger partial charge on any atom is -0.389 e. The zero-order chi connectivity index (χ0) is 16.2. The summed E-state index contributed by atoms with van der Waals surface area (Å²) >= 11 is 0. The maximum atomic E-state index is 10.3. The van der Waals surface area contributed by atoms with Crippen LogP contribution in [-0.2, 0) is 4.74 Å². The second-order valence-corrected chi connectivity index (χ2v) is 7.19. The molecule has 2 heteroatoms. The van der Waals surface area contributed by atoms with E-state index in [1.54, 1.807) is 0 Å². The van der Waals surface area contributed by atoms with E-state index in [0.717, 1.165) is 32.1 Å². The van der Waals surface area contributed by atoms with Gasteiger partial charge in [-0.3, -0.25) is 0 Å². The third-order valence-corrected chi connectivity index (χ3v) is 4.67. The molecule has 2 rings (SSSR count). The summed E-state index contributed by atoms with van der Waals surface area (Å²) < 4.78 is 6.11. The topological polar surface area (TPSA) is 29.5 Å². The lowest BCUT2D eigenvalue weighted by Crippen LogP contribution is -2.26. The quantitative estimate of drug-likeness (QED) is 0.647. The van der Waals surface area contributed by atoms with Crippen LogP contribution in [0.2, 0.25) is 0 Å². The average molecular weight is 302 g/mol. The largest absolute Gasteiger partial charge is 0.389 e. The Labute approximate surface area is 135 Å². The van der Waals surface area contributed by atoms with Gasteiger partial charge in [0.15, 0.2) is 0 Å². The molecular formula is C20H30O2. The molecule has 0 radical (unpaired) electrons. The van der Waals surface area contributed by atoms with Gasteiger partial charge >= 0.3 is 0 Å². The Balaban J connectivity index is 2.33. The minimum absolute atomic E-state index is 0.230. The zero-order valence-corrected chi connectivity index (χ0v) is 14.5. The predicted molar refractivity (Wildman–Crippen MR) is 92.8 cm³/mol. The fraction of sp³-hybridized carbons (Fsp3) is 0.600. The van der Waals surface area contributed by atoms with E-state index in [1.807, 2.05) is 6.08 Å². The van der Waals surface area contributed by atoms with Crippen molar-refractivity contribution in [3.8, 4) is 0 Å². The Morgan fingerprint density at radius 1 is 1.09 bits per heavy atom. The molecule has 2 bridgehead atoms. The number of ether oxygens (including phenoxy) is 1. The van der Waals surface area contributed by atoms with Gasteiger partial charge in [-0.15, -0.1) is 0 Å². The van der Waals surface area contributed by atoms with Gasteiger partial charge in [-0.2, -0.15) is 0 Å². The van der Waals surface area contributed by atoms with Gasteiger partial charge < -0.3 is 9.84 Å². The van der Waals surface area contributed by atoms with E-state index in [9.17, 15) is 5.11 Å². The van der Waals surface area contributed by atoms with Gasteiger partial charge in [-0.05, 0) is 70.9 Å². The lowest BCUT2D eigenvalue weighted by Gasteiger charge is -2.26. The molecule has 0 aromatic rings. The smallest absolute Gasteiger partial charge is 0.0843 e. The molecule has 1 saturated heterocycles. The van der Waals surface area contributed by atoms with Crippen molar-refractivity contribution in [2.75, 3.05) is 6.61 Å². The summed E-state index contributed by atoms with van der Waals surface area (Å²) in [7, 11) is 0. The minimum atomic E-state index is -0.400. The first kappa shape index (κ1) is 17.2. The summed E-state index contributed by atoms with van der Waals surface area (Å²) in [6.07, 6.45) is 13.2. The van der Waals surface area contributed by atoms with Crippen LogP contribution in [0.25, 0.3) is 0 Å². The number of fused-ring (bicyclic) bond motifs is 3. The molecule has 22 heavy (non-hydrogen) atoms. The molecular weight excluding hydrogens is 272 g/mol. The monoisotopic (exact) mass is 302 g/mol. The van der Waals surface area contributed by atoms with Gasteiger partial charge in [0.05, 0.1) is 18.3 Å². The van der Waals surface area contributed by atoms with Crippen LogP contribution in [0.4, 0.5) is 0 Å². The van der Waals surface area contributed by atoms with Gasteiger partial charge in [0, 0.05) is 0 Å². The van der Waals surface area contributed by atoms with Gasteiger partial charge in [0.1, 0.15) is 0 Å². The Bertz CT molecular complexity index is 518. The summed E-state index contributed by atoms with van der Waals surface area (Å²) in [5.74, 6) is 0. The highest BCUT2D eigenvalue weighted by Crippen LogP contribution is 2.32. The van der Waals surface area contributed by atoms with Crippen molar-refractivity contribution in [3.63, 3.8) is 0 Å². The Morgan fingerprint density at radius 2 is 1.86 bits per heavy atom. The van der Waals surface area contributed by atoms with Gasteiger partial charge in [0.25, 0.3) is 0 Å². The SMILES string of the molecule is C/C1=C\C=C2/CC/C(=C/[C@@H](O)C/C(C)=C/CC1)COC2(C)C. The molecule has 1 heterocycles. The van der Waals surface area contributed by atoms with Crippen molar-refractivity contribution in [2.24, 2.45) is 0 Å². The molecule has 1 N–H and O–H groups in total. The number of aliphatic hydroxyl groups is 1. The van der Waals surface area contributed by atoms with Crippen molar-refractivity contribution < 1.29 is 9.84 Å². The molecule has 0 aromatic carbocycles. The van der Waals surface area contributed by atoms with Crippen LogP contribution in [-0.4, -0.2) is 23.4 Å². The van der Waals surface area contributed by atoms with Crippen LogP contribution in [0.3, 0.4) is 0 Å². The number of hydrogen-bond donors (Lipinski definition) is 1. The molecule has 2 aliphatic rings. The van der Waals surface area contributed by atoms with Crippen molar-refractivity contribution in [1.29, 1.82) is 0 Å². The van der Waals surface area contributed by atoms with Gasteiger partial charge in [-0.25, -0.2) is 0 Å². The summed E-state index contributed by atoms with van der Waals surface area (Å²) in [5, 5.41) is 10.3. The summed E-state index contributed by atoms with van der Waals surface area (Å²) in [5.41, 5.74) is 4.99. The van der Waals surface area contributed by atoms with E-state index >= 15 is 0 Å². The molecule has 1 aliphatic carbocycles. The highest BCUT2D eigenvalue weighted by Gasteiger charge is 2.27. The second kappa shape index (κ2) is 7.43. The van der Waals surface area contributed by atoms with Crippen LogP contribution in [0.5, 0.6) is 0 Å². The van der Waals surface area contributed by atoms with Crippen LogP contribution >= 0.6 is 0 Å². The molecule has 0 aromatic heterocycles. The van der Waals surface area contributed by atoms with Crippen LogP contribution < -0.4 is 0 Å². The Morgan fingerprint density at radius 3 is 2.64 bits per heavy atom. The van der Waals surface area contributed by atoms with Crippen LogP contribution in [0.15, 0.2) is 46.6 Å². The Hall–Kier alpha value is -1.12. The second-order valence-electron chi connectivity index (χ2n) is 7.19. The standard InChI is InChI=1S/C20H30O2/c1-15-6-5-7-16(2)12-19(21)13-17-9-11-18(10-8-15)20(3,4)22-14-17/h7-8,10,13,19,21H,5-6,9,11-12,14H2,1-4H3/b15-8+,16-7+,17-13-,18-10+/t19-/m0/s1. The fourth-order valence-corrected chi connectivity index (χ4v) is 3.07. The first-order valence-electron chi connectivity index (χ1n) is 8.41. The molecule has 0 saturated carbocycles. The van der Waals surface area contributed by atoms with Crippen molar-refractivity contribution >= 4 is 0 Å². The van der Waals surface area contributed by atoms with Gasteiger partial charge in [0.2, 0.25) is 0 Å². The lowest BCUT2D eigenvalue weighted by molar-refractivity contribution is 0.0285. The predicted octanol–water partition coefficient (Wildman–Crippen LogP) is 4.87. The van der Waals surface area contributed by atoms with Crippen molar-refractivity contribution in [1.82, 2.24) is 0 Å². The molecule has 1 fully saturated rings. The first-order chi connectivity index (χ1) is 10.4. The highest BCUT2D eigenvalue weighted by atomic mass is 16.5. The van der Waals surface area contributed by atoms with Crippen molar-refractivity contribution in [3.05, 3.63) is 46.6 Å². The highest BCUT2D eigenvalue weighted by molar-refractivity contribution is 5.27. The Kier molecular flexibility index (Phi) is 5.82. The van der Waals surface area contributed by atoms with Crippen molar-refractivity contribution in [2.45, 2.75) is 71.5 Å². The number of hydrogen-bond acceptors (Lipinski definition) is 2. The van der Waals surface area contributed by atoms with E-state index < -0.39 is 6.10 Å². The normalized spacial score (nSPS) is 36.5. The van der Waals surface area contributed by atoms with Crippen LogP contribution in [0.1, 0.15) is 59.8 Å². The molecule has 122 valence electrons. The maximum absolute atomic E-state index is 10.3. The lowest BCUT2D eigenvalue weighted by atomic mass is 9.92. The number of allylic oxidation sites excluding steroid dienone is 4. The molecule has 0 amide bonds. The zero-order valence-electron chi connectivity index (χ0n) is 14.5. The average Bonchev–Trinajstić information content (AvgIpc) is 2.55. The summed E-state index contributed by atoms with van der Waals surface area (Å²) in [6, 6.07) is 0. The molecule has 1 aliphatic heterocycles. The third-order valence-electron chi connectivity index (χ3n) is 4.67. The fourth-order valence-electron chi connectivity index (χ4n) is 3.07. The number of aliphatic hydroxyl groups excluding tert-OH is 1. The summed E-state index contributed by atoms with van der Waals surface area (Å²) in [4.78, 5) is 0. The molecule has 2 nitrogen and oxygen atoms in total. The molecule has 0 spiro atoms. The van der Waals surface area contributed by atoms with Crippen LogP contribution in [0, 0.1) is 0 Å². The van der Waals surface area contributed by atoms with E-state index in [2.05, 4.69) is 45.9 Å². The molecule has 1 atom stereocenters.